The second-order valence-electron chi connectivity index (χ2n) is 5.13. The summed E-state index contributed by atoms with van der Waals surface area (Å²) in [5.41, 5.74) is 1.34. The summed E-state index contributed by atoms with van der Waals surface area (Å²) >= 11 is 2.68. The number of nitrogens with one attached hydrogen (secondary N) is 1. The van der Waals surface area contributed by atoms with Gasteiger partial charge >= 0.3 is 0 Å². The molecule has 1 N–H and O–H groups in total. The third-order valence-electron chi connectivity index (χ3n) is 2.95. The molecule has 25 heavy (non-hydrogen) atoms. The van der Waals surface area contributed by atoms with E-state index in [1.807, 2.05) is 13.0 Å². The van der Waals surface area contributed by atoms with Crippen molar-refractivity contribution in [1.82, 2.24) is 10.2 Å². The van der Waals surface area contributed by atoms with Crippen LogP contribution in [-0.2, 0) is 14.8 Å². The molecule has 0 unspecified atom stereocenters. The Balaban J connectivity index is 2.10. The molecule has 0 aliphatic rings. The van der Waals surface area contributed by atoms with Crippen LogP contribution in [0.4, 0.5) is 10.8 Å². The van der Waals surface area contributed by atoms with Crippen LogP contribution in [0.3, 0.4) is 0 Å². The van der Waals surface area contributed by atoms with E-state index in [0.29, 0.717) is 20.9 Å². The molecule has 0 fully saturated rings. The number of anilines is 2. The molecule has 0 aliphatic carbocycles. The summed E-state index contributed by atoms with van der Waals surface area (Å²) in [5.74, 6) is 0.209. The first-order valence-electron chi connectivity index (χ1n) is 7.21. The van der Waals surface area contributed by atoms with Crippen molar-refractivity contribution in [1.29, 1.82) is 0 Å². The number of aromatic nitrogens is 2. The van der Waals surface area contributed by atoms with Gasteiger partial charge in [-0.3, -0.25) is 14.4 Å². The monoisotopic (exact) mass is 398 g/mol. The summed E-state index contributed by atoms with van der Waals surface area (Å²) in [6, 6.07) is 6.96. The first kappa shape index (κ1) is 19.4. The van der Waals surface area contributed by atoms with Gasteiger partial charge in [0.15, 0.2) is 4.34 Å². The lowest BCUT2D eigenvalue weighted by atomic mass is 10.2. The lowest BCUT2D eigenvalue weighted by molar-refractivity contribution is -0.114. The van der Waals surface area contributed by atoms with Crippen LogP contribution >= 0.6 is 23.1 Å². The molecule has 0 saturated heterocycles. The zero-order chi connectivity index (χ0) is 18.4. The Morgan fingerprint density at radius 1 is 1.44 bits per heavy atom. The summed E-state index contributed by atoms with van der Waals surface area (Å²) in [7, 11) is -3.60. The van der Waals surface area contributed by atoms with Crippen LogP contribution in [0.1, 0.15) is 5.56 Å². The average Bonchev–Trinajstić information content (AvgIpc) is 2.97. The summed E-state index contributed by atoms with van der Waals surface area (Å²) in [6.45, 7) is 5.14. The quantitative estimate of drug-likeness (QED) is 0.417. The van der Waals surface area contributed by atoms with Gasteiger partial charge in [0.2, 0.25) is 21.1 Å². The number of rotatable bonds is 8. The van der Waals surface area contributed by atoms with Crippen molar-refractivity contribution in [2.75, 3.05) is 28.2 Å². The molecule has 2 aromatic rings. The van der Waals surface area contributed by atoms with Crippen molar-refractivity contribution in [2.24, 2.45) is 0 Å². The van der Waals surface area contributed by atoms with E-state index in [2.05, 4.69) is 22.1 Å². The zero-order valence-electron chi connectivity index (χ0n) is 13.8. The highest BCUT2D eigenvalue weighted by Crippen LogP contribution is 2.25. The van der Waals surface area contributed by atoms with Crippen LogP contribution in [0.5, 0.6) is 0 Å². The Hall–Kier alpha value is -1.91. The number of carbonyl (C=O) groups is 1. The fourth-order valence-electron chi connectivity index (χ4n) is 1.92. The number of amides is 1. The highest BCUT2D eigenvalue weighted by Gasteiger charge is 2.21. The molecule has 0 atom stereocenters. The van der Waals surface area contributed by atoms with Gasteiger partial charge in [0.25, 0.3) is 0 Å². The van der Waals surface area contributed by atoms with Crippen molar-refractivity contribution < 1.29 is 13.2 Å². The predicted octanol–water partition coefficient (Wildman–Crippen LogP) is 2.53. The van der Waals surface area contributed by atoms with Gasteiger partial charge < -0.3 is 0 Å². The minimum Gasteiger partial charge on any atom is -0.299 e. The van der Waals surface area contributed by atoms with E-state index in [0.717, 1.165) is 16.1 Å². The molecule has 7 nitrogen and oxygen atoms in total. The molecule has 1 heterocycles. The fourth-order valence-corrected chi connectivity index (χ4v) is 4.30. The van der Waals surface area contributed by atoms with Crippen LogP contribution in [0.2, 0.25) is 0 Å². The SMILES string of the molecule is C=CCSc1nnc(NC(=O)CN(c2cccc(C)c2)S(C)(=O)=O)s1. The summed E-state index contributed by atoms with van der Waals surface area (Å²) in [5, 5.41) is 10.7. The minimum absolute atomic E-state index is 0.328. The molecule has 10 heteroatoms. The number of aryl methyl sites for hydroxylation is 1. The highest BCUT2D eigenvalue weighted by atomic mass is 32.2. The van der Waals surface area contributed by atoms with Crippen molar-refractivity contribution >= 4 is 49.8 Å². The Bertz CT molecular complexity index is 864. The van der Waals surface area contributed by atoms with Crippen LogP contribution < -0.4 is 9.62 Å². The van der Waals surface area contributed by atoms with Gasteiger partial charge in [-0.2, -0.15) is 0 Å². The normalized spacial score (nSPS) is 11.1. The number of sulfonamides is 1. The Morgan fingerprint density at radius 2 is 2.20 bits per heavy atom. The molecule has 0 bridgehead atoms. The number of carbonyl (C=O) groups excluding carboxylic acids is 1. The fraction of sp³-hybridized carbons (Fsp3) is 0.267. The van der Waals surface area contributed by atoms with Crippen molar-refractivity contribution in [3.05, 3.63) is 42.5 Å². The molecule has 1 aromatic heterocycles. The predicted molar refractivity (Wildman–Crippen MR) is 103 cm³/mol. The van der Waals surface area contributed by atoms with E-state index in [1.165, 1.54) is 23.1 Å². The van der Waals surface area contributed by atoms with Gasteiger partial charge in [-0.1, -0.05) is 41.3 Å². The van der Waals surface area contributed by atoms with Crippen molar-refractivity contribution in [3.63, 3.8) is 0 Å². The molecule has 1 amide bonds. The highest BCUT2D eigenvalue weighted by molar-refractivity contribution is 8.01. The van der Waals surface area contributed by atoms with Gasteiger partial charge in [-0.15, -0.1) is 16.8 Å². The summed E-state index contributed by atoms with van der Waals surface area (Å²) in [6.07, 6.45) is 2.81. The smallest absolute Gasteiger partial charge is 0.246 e. The molecule has 0 radical (unpaired) electrons. The van der Waals surface area contributed by atoms with E-state index >= 15 is 0 Å². The molecule has 134 valence electrons. The second-order valence-corrected chi connectivity index (χ2v) is 9.28. The van der Waals surface area contributed by atoms with Crippen LogP contribution in [0.25, 0.3) is 0 Å². The Morgan fingerprint density at radius 3 is 2.84 bits per heavy atom. The molecule has 2 rings (SSSR count). The third-order valence-corrected chi connectivity index (χ3v) is 6.06. The van der Waals surface area contributed by atoms with Crippen LogP contribution in [0.15, 0.2) is 41.3 Å². The van der Waals surface area contributed by atoms with Crippen molar-refractivity contribution in [2.45, 2.75) is 11.3 Å². The number of hydrogen-bond acceptors (Lipinski definition) is 7. The topological polar surface area (TPSA) is 92.3 Å². The van der Waals surface area contributed by atoms with Gasteiger partial charge in [-0.05, 0) is 24.6 Å². The van der Waals surface area contributed by atoms with E-state index in [9.17, 15) is 13.2 Å². The van der Waals surface area contributed by atoms with Crippen LogP contribution in [0, 0.1) is 6.92 Å². The maximum absolute atomic E-state index is 12.2. The van der Waals surface area contributed by atoms with Crippen molar-refractivity contribution in [3.8, 4) is 0 Å². The molecule has 0 saturated carbocycles. The minimum atomic E-state index is -3.60. The van der Waals surface area contributed by atoms with Gasteiger partial charge in [-0.25, -0.2) is 8.42 Å². The largest absolute Gasteiger partial charge is 0.299 e. The molecule has 0 spiro atoms. The van der Waals surface area contributed by atoms with Gasteiger partial charge in [0.1, 0.15) is 6.54 Å². The van der Waals surface area contributed by atoms with E-state index in [1.54, 1.807) is 24.3 Å². The molecule has 1 aromatic carbocycles. The maximum atomic E-state index is 12.2. The molecular weight excluding hydrogens is 380 g/mol. The zero-order valence-corrected chi connectivity index (χ0v) is 16.2. The standard InChI is InChI=1S/C15H18N4O3S3/c1-4-8-23-15-18-17-14(24-15)16-13(20)10-19(25(3,21)22)12-7-5-6-11(2)9-12/h4-7,9H,1,8,10H2,2-3H3,(H,16,17,20). The van der Waals surface area contributed by atoms with Gasteiger partial charge in [0.05, 0.1) is 11.9 Å². The number of thioether (sulfide) groups is 1. The number of nitrogens with zero attached hydrogens (tertiary/aromatic N) is 3. The first-order chi connectivity index (χ1) is 11.8. The summed E-state index contributed by atoms with van der Waals surface area (Å²) < 4.78 is 25.9. The van der Waals surface area contributed by atoms with Gasteiger partial charge in [0, 0.05) is 5.75 Å². The summed E-state index contributed by atoms with van der Waals surface area (Å²) in [4.78, 5) is 12.2. The maximum Gasteiger partial charge on any atom is 0.246 e. The Kier molecular flexibility index (Phi) is 6.57. The molecular formula is C15H18N4O3S3. The van der Waals surface area contributed by atoms with E-state index in [-0.39, 0.29) is 6.54 Å². The number of hydrogen-bond donors (Lipinski definition) is 1. The molecule has 0 aliphatic heterocycles. The number of benzene rings is 1. The average molecular weight is 399 g/mol. The lowest BCUT2D eigenvalue weighted by Crippen LogP contribution is -2.37. The first-order valence-corrected chi connectivity index (χ1v) is 10.9. The van der Waals surface area contributed by atoms with E-state index < -0.39 is 15.9 Å². The Labute approximate surface area is 155 Å². The second kappa shape index (κ2) is 8.45. The van der Waals surface area contributed by atoms with E-state index in [4.69, 9.17) is 0 Å². The lowest BCUT2D eigenvalue weighted by Gasteiger charge is -2.21. The van der Waals surface area contributed by atoms with Crippen LogP contribution in [-0.4, -0.2) is 43.1 Å². The third kappa shape index (κ3) is 5.83.